The number of aliphatic hydroxyl groups excluding tert-OH is 1. The molecule has 0 radical (unpaired) electrons. The van der Waals surface area contributed by atoms with Gasteiger partial charge in [0.2, 0.25) is 47.3 Å². The van der Waals surface area contributed by atoms with Crippen molar-refractivity contribution in [2.45, 2.75) is 176 Å². The van der Waals surface area contributed by atoms with Crippen molar-refractivity contribution >= 4 is 47.3 Å². The molecule has 0 aliphatic rings. The Morgan fingerprint density at radius 2 is 1.20 bits per heavy atom. The molecule has 8 amide bonds. The molecule has 0 bridgehead atoms. The van der Waals surface area contributed by atoms with Gasteiger partial charge in [-0.15, -0.1) is 0 Å². The summed E-state index contributed by atoms with van der Waals surface area (Å²) in [6.07, 6.45) is 3.44. The summed E-state index contributed by atoms with van der Waals surface area (Å²) in [7, 11) is 10.4. The minimum absolute atomic E-state index is 0.0459. The summed E-state index contributed by atoms with van der Waals surface area (Å²) in [5, 5.41) is 14.7. The fraction of sp³-hybridized carbons (Fsp3) is 0.709. The van der Waals surface area contributed by atoms with E-state index in [9.17, 15) is 43.5 Å². The first kappa shape index (κ1) is 66.5. The first-order valence-electron chi connectivity index (χ1n) is 26.1. The zero-order valence-electron chi connectivity index (χ0n) is 48.3. The van der Waals surface area contributed by atoms with E-state index in [0.29, 0.717) is 18.6 Å². The van der Waals surface area contributed by atoms with Crippen LogP contribution < -0.4 is 15.8 Å². The lowest BCUT2D eigenvalue weighted by molar-refractivity contribution is -0.157. The number of nitrogens with zero attached hydrogens (tertiary/aromatic N) is 6. The zero-order valence-corrected chi connectivity index (χ0v) is 48.3. The molecule has 8 atom stereocenters. The number of carbonyl (C=O) groups excluding carboxylic acids is 8. The molecule has 0 spiro atoms. The van der Waals surface area contributed by atoms with Gasteiger partial charge < -0.3 is 55.0 Å². The molecular weight excluding hydrogens is 949 g/mol. The maximum atomic E-state index is 14.9. The van der Waals surface area contributed by atoms with E-state index in [1.165, 1.54) is 47.8 Å². The van der Waals surface area contributed by atoms with Gasteiger partial charge in [0.05, 0.1) is 32.0 Å². The number of nitrogens with two attached hydrogens (primary N) is 1. The van der Waals surface area contributed by atoms with Crippen LogP contribution >= 0.6 is 0 Å². The molecule has 0 saturated heterocycles. The van der Waals surface area contributed by atoms with E-state index in [0.717, 1.165) is 15.4 Å². The minimum Gasteiger partial charge on any atom is -0.497 e. The number of amides is 8. The summed E-state index contributed by atoms with van der Waals surface area (Å²) in [5.41, 5.74) is 5.78. The average Bonchev–Trinajstić information content (AvgIpc) is 3.34. The number of allylic oxidation sites excluding steroid dienone is 2. The van der Waals surface area contributed by atoms with Gasteiger partial charge in [-0.3, -0.25) is 38.4 Å². The van der Waals surface area contributed by atoms with Crippen LogP contribution in [0.15, 0.2) is 36.4 Å². The summed E-state index contributed by atoms with van der Waals surface area (Å²) in [4.78, 5) is 120. The van der Waals surface area contributed by atoms with Crippen LogP contribution in [-0.4, -0.2) is 186 Å². The maximum absolute atomic E-state index is 14.9. The summed E-state index contributed by atoms with van der Waals surface area (Å²) in [5.74, 6) is -5.07. The van der Waals surface area contributed by atoms with Gasteiger partial charge in [0.25, 0.3) is 0 Å². The van der Waals surface area contributed by atoms with Gasteiger partial charge in [0.15, 0.2) is 0 Å². The van der Waals surface area contributed by atoms with Gasteiger partial charge in [0, 0.05) is 55.1 Å². The van der Waals surface area contributed by atoms with Gasteiger partial charge >= 0.3 is 0 Å². The molecule has 4 N–H and O–H groups in total. The van der Waals surface area contributed by atoms with Crippen LogP contribution in [0.1, 0.15) is 127 Å². The Labute approximate surface area is 442 Å². The third-order valence-corrected chi connectivity index (χ3v) is 13.7. The van der Waals surface area contributed by atoms with Crippen LogP contribution in [-0.2, 0) is 49.7 Å². The minimum atomic E-state index is -1.56. The summed E-state index contributed by atoms with van der Waals surface area (Å²) in [6.45, 7) is 21.5. The molecule has 0 unspecified atom stereocenters. The van der Waals surface area contributed by atoms with Gasteiger partial charge in [-0.1, -0.05) is 86.6 Å². The van der Waals surface area contributed by atoms with Crippen molar-refractivity contribution < 1.29 is 52.9 Å². The quantitative estimate of drug-likeness (QED) is 0.0878. The van der Waals surface area contributed by atoms with Crippen molar-refractivity contribution in [3.8, 4) is 5.75 Å². The number of benzene rings is 1. The Kier molecular flexibility index (Phi) is 27.6. The SMILES string of the molecule is C/C=C/C[C@@H](C)[C@@H](O)[C@@H](C(=O)N[C@@H](CC)C(=O)N(C)CC(=O)N(C)[C@@H](CC(C)(C)OCc1ccc(OC)cc1)C(N)=O)N(C)C(=O)[C@H](C(C)C)N(C)C(=O)[C@H](CC(C)C)N(C)C(=O)[C@H](CC(C)C)N(C)C(=O)CC. The molecule has 0 saturated carbocycles. The van der Waals surface area contributed by atoms with Crippen molar-refractivity contribution in [3.05, 3.63) is 42.0 Å². The number of hydrogen-bond acceptors (Lipinski definition) is 11. The lowest BCUT2D eigenvalue weighted by Gasteiger charge is -2.41. The molecule has 1 aromatic rings. The van der Waals surface area contributed by atoms with E-state index in [1.807, 2.05) is 52.8 Å². The number of likely N-dealkylation sites (N-methyl/N-ethyl adjacent to an activating group) is 6. The van der Waals surface area contributed by atoms with Crippen molar-refractivity contribution in [1.82, 2.24) is 34.7 Å². The number of hydrogen-bond donors (Lipinski definition) is 3. The molecule has 0 aromatic heterocycles. The molecule has 1 aromatic carbocycles. The molecular formula is C55H94N8O11. The second-order valence-corrected chi connectivity index (χ2v) is 21.6. The first-order valence-corrected chi connectivity index (χ1v) is 26.1. The third kappa shape index (κ3) is 19.3. The predicted octanol–water partition coefficient (Wildman–Crippen LogP) is 4.48. The smallest absolute Gasteiger partial charge is 0.246 e. The van der Waals surface area contributed by atoms with E-state index >= 15 is 0 Å². The summed E-state index contributed by atoms with van der Waals surface area (Å²) < 4.78 is 11.4. The summed E-state index contributed by atoms with van der Waals surface area (Å²) in [6, 6.07) is 0.422. The normalized spacial score (nSPS) is 15.1. The largest absolute Gasteiger partial charge is 0.497 e. The monoisotopic (exact) mass is 1040 g/mol. The number of aliphatic hydroxyl groups is 1. The van der Waals surface area contributed by atoms with E-state index < -0.39 is 108 Å². The molecule has 74 heavy (non-hydrogen) atoms. The van der Waals surface area contributed by atoms with Crippen molar-refractivity contribution in [3.63, 3.8) is 0 Å². The molecule has 420 valence electrons. The topological polar surface area (TPSA) is 233 Å². The number of primary amides is 1. The van der Waals surface area contributed by atoms with E-state index in [2.05, 4.69) is 5.32 Å². The summed E-state index contributed by atoms with van der Waals surface area (Å²) >= 11 is 0. The number of ether oxygens (including phenoxy) is 2. The third-order valence-electron chi connectivity index (χ3n) is 13.7. The number of nitrogens with one attached hydrogen (secondary N) is 1. The maximum Gasteiger partial charge on any atom is 0.246 e. The Balaban J connectivity index is 3.53. The van der Waals surface area contributed by atoms with Gasteiger partial charge in [-0.2, -0.15) is 0 Å². The standard InChI is InChI=1S/C55H94N8O11/c1-20-23-24-37(10)48(66)47(63(18)54(72)46(36(8)9)62(17)53(71)42(30-35(6)7)61(16)52(70)41(29-34(4)5)59(14)44(64)22-3)50(68)57-40(21-2)51(69)58(13)32-45(65)60(15)43(49(56)67)31-55(11,12)74-33-38-25-27-39(73-19)28-26-38/h20,23,25-28,34-37,40-43,46-48,66H,21-22,24,29-33H2,1-19H3,(H2,56,67)(H,57,68)/b23-20+/t37-,40+,41+,42+,43+,46+,47+,48-/m1/s1. The molecule has 1 rings (SSSR count). The molecule has 19 nitrogen and oxygen atoms in total. The lowest BCUT2D eigenvalue weighted by atomic mass is 9.91. The van der Waals surface area contributed by atoms with Crippen LogP contribution in [0.3, 0.4) is 0 Å². The predicted molar refractivity (Wildman–Crippen MR) is 287 cm³/mol. The Bertz CT molecular complexity index is 2040. The Morgan fingerprint density at radius 1 is 0.703 bits per heavy atom. The highest BCUT2D eigenvalue weighted by atomic mass is 16.5. The first-order chi connectivity index (χ1) is 34.3. The second-order valence-electron chi connectivity index (χ2n) is 21.6. The fourth-order valence-corrected chi connectivity index (χ4v) is 8.91. The van der Waals surface area contributed by atoms with E-state index in [1.54, 1.807) is 87.9 Å². The van der Waals surface area contributed by atoms with Crippen molar-refractivity contribution in [1.29, 1.82) is 0 Å². The van der Waals surface area contributed by atoms with Gasteiger partial charge in [-0.05, 0) is 87.8 Å². The van der Waals surface area contributed by atoms with Crippen LogP contribution in [0.2, 0.25) is 0 Å². The molecule has 0 aliphatic heterocycles. The van der Waals surface area contributed by atoms with Gasteiger partial charge in [-0.25, -0.2) is 0 Å². The highest BCUT2D eigenvalue weighted by molar-refractivity contribution is 5.97. The molecule has 0 fully saturated rings. The highest BCUT2D eigenvalue weighted by Crippen LogP contribution is 2.26. The Morgan fingerprint density at radius 3 is 1.66 bits per heavy atom. The average molecular weight is 1040 g/mol. The lowest BCUT2D eigenvalue weighted by Crippen LogP contribution is -2.63. The molecule has 0 heterocycles. The Hall–Kier alpha value is -5.56. The van der Waals surface area contributed by atoms with E-state index in [4.69, 9.17) is 15.2 Å². The van der Waals surface area contributed by atoms with Gasteiger partial charge in [0.1, 0.15) is 42.0 Å². The number of carbonyl (C=O) groups is 8. The van der Waals surface area contributed by atoms with Crippen LogP contribution in [0.5, 0.6) is 5.75 Å². The number of rotatable bonds is 31. The molecule has 0 aliphatic carbocycles. The van der Waals surface area contributed by atoms with Crippen LogP contribution in [0, 0.1) is 23.7 Å². The second kappa shape index (κ2) is 30.7. The zero-order chi connectivity index (χ0) is 57.1. The van der Waals surface area contributed by atoms with E-state index in [-0.39, 0.29) is 50.0 Å². The van der Waals surface area contributed by atoms with Crippen LogP contribution in [0.25, 0.3) is 0 Å². The number of methoxy groups -OCH3 is 1. The fourth-order valence-electron chi connectivity index (χ4n) is 8.91. The van der Waals surface area contributed by atoms with Crippen molar-refractivity contribution in [2.75, 3.05) is 55.9 Å². The molecule has 19 heteroatoms. The van der Waals surface area contributed by atoms with Crippen LogP contribution in [0.4, 0.5) is 0 Å². The van der Waals surface area contributed by atoms with Crippen molar-refractivity contribution in [2.24, 2.45) is 29.4 Å². The highest BCUT2D eigenvalue weighted by Gasteiger charge is 2.44.